The predicted molar refractivity (Wildman–Crippen MR) is 63.2 cm³/mol. The van der Waals surface area contributed by atoms with Crippen molar-refractivity contribution in [1.29, 1.82) is 0 Å². The lowest BCUT2D eigenvalue weighted by Crippen LogP contribution is -2.34. The third-order valence-corrected chi connectivity index (χ3v) is 4.62. The summed E-state index contributed by atoms with van der Waals surface area (Å²) in [5.41, 5.74) is -1.14. The lowest BCUT2D eigenvalue weighted by Gasteiger charge is -2.38. The average molecular weight is 279 g/mol. The van der Waals surface area contributed by atoms with Gasteiger partial charge >= 0.3 is 6.18 Å². The molecule has 1 aromatic heterocycles. The van der Waals surface area contributed by atoms with Crippen LogP contribution in [-0.4, -0.2) is 10.1 Å². The van der Waals surface area contributed by atoms with Crippen molar-refractivity contribution >= 4 is 11.3 Å². The van der Waals surface area contributed by atoms with E-state index in [1.807, 2.05) is 13.8 Å². The van der Waals surface area contributed by atoms with Gasteiger partial charge in [-0.2, -0.15) is 13.2 Å². The van der Waals surface area contributed by atoms with Gasteiger partial charge in [-0.1, -0.05) is 13.8 Å². The summed E-state index contributed by atoms with van der Waals surface area (Å²) in [5, 5.41) is 9.69. The largest absolute Gasteiger partial charge is 0.443 e. The molecule has 1 heterocycles. The number of thiazole rings is 1. The van der Waals surface area contributed by atoms with Crippen LogP contribution in [0.15, 0.2) is 6.20 Å². The van der Waals surface area contributed by atoms with Crippen LogP contribution in [-0.2, 0) is 11.8 Å². The van der Waals surface area contributed by atoms with Gasteiger partial charge in [0.1, 0.15) is 5.60 Å². The van der Waals surface area contributed by atoms with Crippen LogP contribution < -0.4 is 0 Å². The van der Waals surface area contributed by atoms with Crippen molar-refractivity contribution < 1.29 is 18.3 Å². The number of aromatic nitrogens is 1. The van der Waals surface area contributed by atoms with Crippen molar-refractivity contribution in [3.63, 3.8) is 0 Å². The highest BCUT2D eigenvalue weighted by molar-refractivity contribution is 7.11. The lowest BCUT2D eigenvalue weighted by atomic mass is 9.73. The Bertz CT molecular complexity index is 419. The van der Waals surface area contributed by atoms with E-state index in [1.54, 1.807) is 0 Å². The molecule has 1 aliphatic carbocycles. The molecule has 1 saturated carbocycles. The van der Waals surface area contributed by atoms with E-state index in [0.29, 0.717) is 40.9 Å². The molecule has 0 spiro atoms. The summed E-state index contributed by atoms with van der Waals surface area (Å²) < 4.78 is 37.5. The molecule has 18 heavy (non-hydrogen) atoms. The lowest BCUT2D eigenvalue weighted by molar-refractivity contribution is -0.137. The number of aliphatic hydroxyl groups is 1. The maximum absolute atomic E-state index is 12.5. The molecule has 2 rings (SSSR count). The van der Waals surface area contributed by atoms with E-state index in [9.17, 15) is 18.3 Å². The number of alkyl halides is 3. The van der Waals surface area contributed by atoms with Crippen LogP contribution in [0.3, 0.4) is 0 Å². The fourth-order valence-electron chi connectivity index (χ4n) is 2.91. The summed E-state index contributed by atoms with van der Waals surface area (Å²) in [4.78, 5) is 3.73. The molecule has 1 aromatic rings. The molecule has 0 aliphatic heterocycles. The molecule has 0 aromatic carbocycles. The van der Waals surface area contributed by atoms with Crippen molar-refractivity contribution in [2.75, 3.05) is 0 Å². The van der Waals surface area contributed by atoms with E-state index >= 15 is 0 Å². The van der Waals surface area contributed by atoms with Gasteiger partial charge in [-0.25, -0.2) is 4.98 Å². The van der Waals surface area contributed by atoms with Crippen molar-refractivity contribution in [3.05, 3.63) is 16.1 Å². The first-order valence-corrected chi connectivity index (χ1v) is 6.78. The fraction of sp³-hybridized carbons (Fsp3) is 0.750. The van der Waals surface area contributed by atoms with Gasteiger partial charge in [0.25, 0.3) is 0 Å². The van der Waals surface area contributed by atoms with Crippen LogP contribution >= 0.6 is 11.3 Å². The molecular formula is C12H16F3NOS. The Hall–Kier alpha value is -0.620. The molecule has 2 nitrogen and oxygen atoms in total. The van der Waals surface area contributed by atoms with E-state index in [4.69, 9.17) is 0 Å². The molecule has 1 aliphatic rings. The number of rotatable bonds is 1. The predicted octanol–water partition coefficient (Wildman–Crippen LogP) is 3.81. The second kappa shape index (κ2) is 4.49. The van der Waals surface area contributed by atoms with Crippen molar-refractivity contribution in [2.45, 2.75) is 44.9 Å². The topological polar surface area (TPSA) is 33.1 Å². The Balaban J connectivity index is 2.27. The van der Waals surface area contributed by atoms with E-state index in [-0.39, 0.29) is 0 Å². The van der Waals surface area contributed by atoms with Gasteiger partial charge in [-0.05, 0) is 31.1 Å². The Labute approximate surface area is 108 Å². The second-order valence-corrected chi connectivity index (χ2v) is 6.44. The highest BCUT2D eigenvalue weighted by Crippen LogP contribution is 2.45. The van der Waals surface area contributed by atoms with Gasteiger partial charge < -0.3 is 5.11 Å². The minimum Gasteiger partial charge on any atom is -0.384 e. The standard InChI is InChI=1S/C12H16F3NOS/c1-7-3-8(2)5-11(17,4-7)9-6-16-10(18-9)12(13,14)15/h6-8,17H,3-5H2,1-2H3. The zero-order valence-corrected chi connectivity index (χ0v) is 11.1. The summed E-state index contributed by atoms with van der Waals surface area (Å²) in [6.07, 6.45) is -1.22. The summed E-state index contributed by atoms with van der Waals surface area (Å²) in [7, 11) is 0. The molecule has 102 valence electrons. The van der Waals surface area contributed by atoms with Crippen LogP contribution in [0.5, 0.6) is 0 Å². The number of hydrogen-bond acceptors (Lipinski definition) is 3. The second-order valence-electron chi connectivity index (χ2n) is 5.41. The average Bonchev–Trinajstić information content (AvgIpc) is 2.62. The molecular weight excluding hydrogens is 263 g/mol. The smallest absolute Gasteiger partial charge is 0.384 e. The Morgan fingerprint density at radius 2 is 1.89 bits per heavy atom. The zero-order valence-electron chi connectivity index (χ0n) is 10.3. The molecule has 0 bridgehead atoms. The van der Waals surface area contributed by atoms with Crippen molar-refractivity contribution in [3.8, 4) is 0 Å². The van der Waals surface area contributed by atoms with Crippen molar-refractivity contribution in [1.82, 2.24) is 4.98 Å². The quantitative estimate of drug-likeness (QED) is 0.848. The Morgan fingerprint density at radius 3 is 2.33 bits per heavy atom. The third kappa shape index (κ3) is 2.69. The zero-order chi connectivity index (χ0) is 13.6. The first-order valence-electron chi connectivity index (χ1n) is 5.96. The number of hydrogen-bond donors (Lipinski definition) is 1. The first-order chi connectivity index (χ1) is 8.21. The molecule has 2 unspecified atom stereocenters. The maximum atomic E-state index is 12.5. The minimum atomic E-state index is -4.43. The first kappa shape index (κ1) is 13.8. The van der Waals surface area contributed by atoms with Crippen LogP contribution in [0.4, 0.5) is 13.2 Å². The summed E-state index contributed by atoms with van der Waals surface area (Å²) >= 11 is 0.563. The summed E-state index contributed by atoms with van der Waals surface area (Å²) in [6, 6.07) is 0. The van der Waals surface area contributed by atoms with Crippen molar-refractivity contribution in [2.24, 2.45) is 11.8 Å². The number of nitrogens with zero attached hydrogens (tertiary/aromatic N) is 1. The molecule has 0 radical (unpaired) electrons. The van der Waals surface area contributed by atoms with Crippen LogP contribution in [0, 0.1) is 11.8 Å². The van der Waals surface area contributed by atoms with Gasteiger partial charge in [0.2, 0.25) is 0 Å². The molecule has 0 amide bonds. The van der Waals surface area contributed by atoms with Gasteiger partial charge in [0.15, 0.2) is 5.01 Å². The number of halogens is 3. The molecule has 6 heteroatoms. The van der Waals surface area contributed by atoms with E-state index in [0.717, 1.165) is 6.42 Å². The summed E-state index contributed by atoms with van der Waals surface area (Å²) in [6.45, 7) is 4.04. The SMILES string of the molecule is CC1CC(C)CC(O)(c2cnc(C(F)(F)F)s2)C1. The van der Waals surface area contributed by atoms with Gasteiger partial charge in [0.05, 0.1) is 4.88 Å². The van der Waals surface area contributed by atoms with Gasteiger partial charge in [0, 0.05) is 6.20 Å². The Kier molecular flexibility index (Phi) is 3.44. The van der Waals surface area contributed by atoms with Crippen LogP contribution in [0.2, 0.25) is 0 Å². The molecule has 1 N–H and O–H groups in total. The highest BCUT2D eigenvalue weighted by Gasteiger charge is 2.42. The van der Waals surface area contributed by atoms with Crippen LogP contribution in [0.1, 0.15) is 43.0 Å². The normalized spacial score (nSPS) is 33.7. The summed E-state index contributed by atoms with van der Waals surface area (Å²) in [5.74, 6) is 0.630. The highest BCUT2D eigenvalue weighted by atomic mass is 32.1. The van der Waals surface area contributed by atoms with Gasteiger partial charge in [-0.3, -0.25) is 0 Å². The van der Waals surface area contributed by atoms with E-state index in [2.05, 4.69) is 4.98 Å². The van der Waals surface area contributed by atoms with Crippen LogP contribution in [0.25, 0.3) is 0 Å². The van der Waals surface area contributed by atoms with Gasteiger partial charge in [-0.15, -0.1) is 11.3 Å². The molecule has 0 saturated heterocycles. The maximum Gasteiger partial charge on any atom is 0.443 e. The minimum absolute atomic E-state index is 0.315. The molecule has 1 fully saturated rings. The third-order valence-electron chi connectivity index (χ3n) is 3.38. The van der Waals surface area contributed by atoms with E-state index in [1.165, 1.54) is 6.20 Å². The Morgan fingerprint density at radius 1 is 1.33 bits per heavy atom. The fourth-order valence-corrected chi connectivity index (χ4v) is 3.80. The molecule has 2 atom stereocenters. The monoisotopic (exact) mass is 279 g/mol. The van der Waals surface area contributed by atoms with E-state index < -0.39 is 16.8 Å².